The highest BCUT2D eigenvalue weighted by Crippen LogP contribution is 2.28. The van der Waals surface area contributed by atoms with Gasteiger partial charge in [-0.1, -0.05) is 22.0 Å². The average molecular weight is 329 g/mol. The number of benzene rings is 2. The molecule has 1 aromatic heterocycles. The molecule has 3 aromatic rings. The summed E-state index contributed by atoms with van der Waals surface area (Å²) in [5.41, 5.74) is 7.61. The number of aromatic nitrogens is 1. The van der Waals surface area contributed by atoms with Crippen LogP contribution < -0.4 is 10.5 Å². The van der Waals surface area contributed by atoms with Gasteiger partial charge >= 0.3 is 0 Å². The summed E-state index contributed by atoms with van der Waals surface area (Å²) in [6, 6.07) is 15.7. The van der Waals surface area contributed by atoms with Gasteiger partial charge in [0, 0.05) is 28.7 Å². The average Bonchev–Trinajstić information content (AvgIpc) is 2.46. The van der Waals surface area contributed by atoms with Crippen molar-refractivity contribution < 1.29 is 4.74 Å². The van der Waals surface area contributed by atoms with Gasteiger partial charge in [0.25, 0.3) is 0 Å². The first-order chi connectivity index (χ1) is 9.74. The Morgan fingerprint density at radius 3 is 2.80 bits per heavy atom. The van der Waals surface area contributed by atoms with E-state index in [0.717, 1.165) is 32.4 Å². The molecular weight excluding hydrogens is 316 g/mol. The Hall–Kier alpha value is -1.91. The van der Waals surface area contributed by atoms with Crippen molar-refractivity contribution in [3.8, 4) is 11.5 Å². The Labute approximate surface area is 125 Å². The number of nitrogens with zero attached hydrogens (tertiary/aromatic N) is 1. The zero-order valence-corrected chi connectivity index (χ0v) is 12.3. The molecule has 0 atom stereocenters. The molecule has 1 heterocycles. The summed E-state index contributed by atoms with van der Waals surface area (Å²) in [5.74, 6) is 1.52. The molecule has 0 spiro atoms. The van der Waals surface area contributed by atoms with E-state index in [1.165, 1.54) is 0 Å². The van der Waals surface area contributed by atoms with Gasteiger partial charge in [-0.3, -0.25) is 4.98 Å². The first kappa shape index (κ1) is 13.1. The SMILES string of the molecule is NCc1cc(Br)cc(Oc2ccc3cccnc3c2)c1. The van der Waals surface area contributed by atoms with Crippen LogP contribution in [0.25, 0.3) is 10.9 Å². The Bertz CT molecular complexity index is 758. The van der Waals surface area contributed by atoms with Crippen LogP contribution in [-0.4, -0.2) is 4.98 Å². The molecule has 3 nitrogen and oxygen atoms in total. The fourth-order valence-corrected chi connectivity index (χ4v) is 2.56. The van der Waals surface area contributed by atoms with Crippen molar-refractivity contribution in [3.05, 3.63) is 64.8 Å². The van der Waals surface area contributed by atoms with Gasteiger partial charge in [-0.2, -0.15) is 0 Å². The zero-order valence-electron chi connectivity index (χ0n) is 10.7. The van der Waals surface area contributed by atoms with Gasteiger partial charge in [0.1, 0.15) is 11.5 Å². The maximum absolute atomic E-state index is 5.88. The lowest BCUT2D eigenvalue weighted by molar-refractivity contribution is 0.482. The standard InChI is InChI=1S/C16H13BrN2O/c17-13-6-11(10-18)7-15(8-13)20-14-4-3-12-2-1-5-19-16(12)9-14/h1-9H,10,18H2. The van der Waals surface area contributed by atoms with Gasteiger partial charge in [0.05, 0.1) is 5.52 Å². The van der Waals surface area contributed by atoms with Crippen molar-refractivity contribution in [2.24, 2.45) is 5.73 Å². The zero-order chi connectivity index (χ0) is 13.9. The van der Waals surface area contributed by atoms with E-state index in [2.05, 4.69) is 20.9 Å². The van der Waals surface area contributed by atoms with Crippen LogP contribution in [0.3, 0.4) is 0 Å². The van der Waals surface area contributed by atoms with Gasteiger partial charge in [0.15, 0.2) is 0 Å². The monoisotopic (exact) mass is 328 g/mol. The third-order valence-corrected chi connectivity index (χ3v) is 3.44. The minimum atomic E-state index is 0.481. The maximum atomic E-state index is 5.88. The molecule has 0 bridgehead atoms. The predicted octanol–water partition coefficient (Wildman–Crippen LogP) is 4.25. The molecule has 0 saturated heterocycles. The van der Waals surface area contributed by atoms with E-state index in [1.807, 2.05) is 48.5 Å². The molecule has 0 aliphatic rings. The van der Waals surface area contributed by atoms with E-state index in [1.54, 1.807) is 6.20 Å². The van der Waals surface area contributed by atoms with E-state index < -0.39 is 0 Å². The summed E-state index contributed by atoms with van der Waals surface area (Å²) in [6.07, 6.45) is 1.78. The highest BCUT2D eigenvalue weighted by atomic mass is 79.9. The molecule has 0 saturated carbocycles. The number of rotatable bonds is 3. The van der Waals surface area contributed by atoms with Crippen molar-refractivity contribution in [1.29, 1.82) is 0 Å². The second-order valence-electron chi connectivity index (χ2n) is 4.46. The molecule has 20 heavy (non-hydrogen) atoms. The summed E-state index contributed by atoms with van der Waals surface area (Å²) in [7, 11) is 0. The quantitative estimate of drug-likeness (QED) is 0.781. The smallest absolute Gasteiger partial charge is 0.129 e. The van der Waals surface area contributed by atoms with E-state index in [-0.39, 0.29) is 0 Å². The van der Waals surface area contributed by atoms with Crippen LogP contribution in [0.5, 0.6) is 11.5 Å². The number of hydrogen-bond donors (Lipinski definition) is 1. The highest BCUT2D eigenvalue weighted by Gasteiger charge is 2.03. The molecule has 0 aliphatic carbocycles. The lowest BCUT2D eigenvalue weighted by atomic mass is 10.2. The van der Waals surface area contributed by atoms with Gasteiger partial charge < -0.3 is 10.5 Å². The highest BCUT2D eigenvalue weighted by molar-refractivity contribution is 9.10. The van der Waals surface area contributed by atoms with Crippen molar-refractivity contribution in [3.63, 3.8) is 0 Å². The van der Waals surface area contributed by atoms with E-state index >= 15 is 0 Å². The largest absolute Gasteiger partial charge is 0.457 e. The van der Waals surface area contributed by atoms with Gasteiger partial charge in [0.2, 0.25) is 0 Å². The Morgan fingerprint density at radius 2 is 1.95 bits per heavy atom. The summed E-state index contributed by atoms with van der Waals surface area (Å²) in [4.78, 5) is 4.33. The number of pyridine rings is 1. The van der Waals surface area contributed by atoms with Crippen molar-refractivity contribution in [2.45, 2.75) is 6.54 Å². The third-order valence-electron chi connectivity index (χ3n) is 2.98. The number of nitrogens with two attached hydrogens (primary N) is 1. The van der Waals surface area contributed by atoms with Crippen LogP contribution in [0.2, 0.25) is 0 Å². The Kier molecular flexibility index (Phi) is 3.67. The van der Waals surface area contributed by atoms with Crippen LogP contribution in [0.15, 0.2) is 59.2 Å². The topological polar surface area (TPSA) is 48.1 Å². The molecule has 0 radical (unpaired) electrons. The van der Waals surface area contributed by atoms with Gasteiger partial charge in [-0.25, -0.2) is 0 Å². The van der Waals surface area contributed by atoms with E-state index in [4.69, 9.17) is 10.5 Å². The van der Waals surface area contributed by atoms with Gasteiger partial charge in [-0.05, 0) is 42.0 Å². The minimum Gasteiger partial charge on any atom is -0.457 e. The lowest BCUT2D eigenvalue weighted by Gasteiger charge is -2.08. The molecule has 0 amide bonds. The second kappa shape index (κ2) is 5.61. The number of fused-ring (bicyclic) bond motifs is 1. The Balaban J connectivity index is 1.94. The molecule has 0 aliphatic heterocycles. The van der Waals surface area contributed by atoms with Crippen LogP contribution in [0.1, 0.15) is 5.56 Å². The van der Waals surface area contributed by atoms with E-state index in [9.17, 15) is 0 Å². The molecule has 0 unspecified atom stereocenters. The fraction of sp³-hybridized carbons (Fsp3) is 0.0625. The molecule has 0 fully saturated rings. The number of halogens is 1. The maximum Gasteiger partial charge on any atom is 0.129 e. The van der Waals surface area contributed by atoms with Crippen molar-refractivity contribution in [1.82, 2.24) is 4.98 Å². The van der Waals surface area contributed by atoms with Gasteiger partial charge in [-0.15, -0.1) is 0 Å². The molecule has 100 valence electrons. The van der Waals surface area contributed by atoms with E-state index in [0.29, 0.717) is 6.54 Å². The summed E-state index contributed by atoms with van der Waals surface area (Å²) < 4.78 is 6.84. The second-order valence-corrected chi connectivity index (χ2v) is 5.37. The van der Waals surface area contributed by atoms with Crippen LogP contribution >= 0.6 is 15.9 Å². The lowest BCUT2D eigenvalue weighted by Crippen LogP contribution is -1.96. The minimum absolute atomic E-state index is 0.481. The summed E-state index contributed by atoms with van der Waals surface area (Å²) in [6.45, 7) is 0.481. The molecule has 4 heteroatoms. The van der Waals surface area contributed by atoms with Crippen molar-refractivity contribution >= 4 is 26.8 Å². The molecule has 3 rings (SSSR count). The fourth-order valence-electron chi connectivity index (χ4n) is 2.04. The molecule has 2 N–H and O–H groups in total. The van der Waals surface area contributed by atoms with Crippen LogP contribution in [0, 0.1) is 0 Å². The van der Waals surface area contributed by atoms with Crippen LogP contribution in [0.4, 0.5) is 0 Å². The van der Waals surface area contributed by atoms with Crippen LogP contribution in [-0.2, 0) is 6.54 Å². The Morgan fingerprint density at radius 1 is 1.05 bits per heavy atom. The van der Waals surface area contributed by atoms with Crippen molar-refractivity contribution in [2.75, 3.05) is 0 Å². The normalized spacial score (nSPS) is 10.7. The number of ether oxygens (including phenoxy) is 1. The number of hydrogen-bond acceptors (Lipinski definition) is 3. The first-order valence-corrected chi connectivity index (χ1v) is 7.06. The third kappa shape index (κ3) is 2.81. The summed E-state index contributed by atoms with van der Waals surface area (Å²) in [5, 5.41) is 1.09. The molecule has 2 aromatic carbocycles. The molecular formula is C16H13BrN2O. The predicted molar refractivity (Wildman–Crippen MR) is 83.9 cm³/mol. The first-order valence-electron chi connectivity index (χ1n) is 6.27. The summed E-state index contributed by atoms with van der Waals surface area (Å²) >= 11 is 3.46.